The molecule has 0 fully saturated rings. The van der Waals surface area contributed by atoms with Crippen LogP contribution in [0.25, 0.3) is 11.1 Å². The van der Waals surface area contributed by atoms with Crippen molar-refractivity contribution in [2.45, 2.75) is 25.7 Å². The Balaban J connectivity index is 2.28. The van der Waals surface area contributed by atoms with Crippen molar-refractivity contribution < 1.29 is 14.6 Å². The van der Waals surface area contributed by atoms with Crippen molar-refractivity contribution in [3.8, 4) is 11.1 Å². The molecule has 0 radical (unpaired) electrons. The number of rotatable bonds is 6. The molecule has 0 aliphatic heterocycles. The predicted octanol–water partition coefficient (Wildman–Crippen LogP) is 3.28. The van der Waals surface area contributed by atoms with E-state index in [9.17, 15) is 4.79 Å². The fraction of sp³-hybridized carbons (Fsp3) is 0.353. The van der Waals surface area contributed by atoms with E-state index < -0.39 is 0 Å². The summed E-state index contributed by atoms with van der Waals surface area (Å²) < 4.78 is 4.86. The van der Waals surface area contributed by atoms with Crippen LogP contribution in [-0.2, 0) is 11.2 Å². The third kappa shape index (κ3) is 3.17. The quantitative estimate of drug-likeness (QED) is 0.648. The van der Waals surface area contributed by atoms with Crippen molar-refractivity contribution >= 4 is 5.97 Å². The lowest BCUT2D eigenvalue weighted by Crippen LogP contribution is -1.99. The molecule has 0 amide bonds. The number of aliphatic hydroxyl groups is 1. The van der Waals surface area contributed by atoms with Crippen LogP contribution in [0.15, 0.2) is 36.4 Å². The summed E-state index contributed by atoms with van der Waals surface area (Å²) in [5.41, 5.74) is 3.86. The summed E-state index contributed by atoms with van der Waals surface area (Å²) in [7, 11) is 1.41. The van der Waals surface area contributed by atoms with E-state index in [-0.39, 0.29) is 12.6 Å². The standard InChI is InChI=1S/C17H20O3/c1-20-17(19)16-12-13(8-4-3-7-11-18)14-9-5-2-6-10-15(14)16/h2,5-6,9-10,12,18H,3-4,7-8,11H2,1H3. The Bertz CT molecular complexity index is 548. The van der Waals surface area contributed by atoms with Gasteiger partial charge < -0.3 is 9.84 Å². The number of methoxy groups -OCH3 is 1. The first kappa shape index (κ1) is 14.5. The summed E-state index contributed by atoms with van der Waals surface area (Å²) in [6.45, 7) is 0.240. The molecule has 0 saturated heterocycles. The molecule has 0 atom stereocenters. The van der Waals surface area contributed by atoms with Crippen molar-refractivity contribution in [3.63, 3.8) is 0 Å². The smallest absolute Gasteiger partial charge is 0.338 e. The molecule has 1 N–H and O–H groups in total. The third-order valence-corrected chi connectivity index (χ3v) is 3.50. The van der Waals surface area contributed by atoms with Crippen LogP contribution in [-0.4, -0.2) is 24.8 Å². The molecule has 0 bridgehead atoms. The zero-order chi connectivity index (χ0) is 14.4. The van der Waals surface area contributed by atoms with Gasteiger partial charge in [0.1, 0.15) is 0 Å². The topological polar surface area (TPSA) is 46.5 Å². The normalized spacial score (nSPS) is 10.7. The Labute approximate surface area is 119 Å². The van der Waals surface area contributed by atoms with Gasteiger partial charge in [-0.25, -0.2) is 4.79 Å². The molecule has 2 rings (SSSR count). The lowest BCUT2D eigenvalue weighted by molar-refractivity contribution is 0.0602. The molecule has 0 saturated carbocycles. The van der Waals surface area contributed by atoms with Gasteiger partial charge in [0.2, 0.25) is 0 Å². The highest BCUT2D eigenvalue weighted by Crippen LogP contribution is 2.33. The monoisotopic (exact) mass is 272 g/mol. The summed E-state index contributed by atoms with van der Waals surface area (Å²) >= 11 is 0. The second-order valence-corrected chi connectivity index (χ2v) is 4.85. The van der Waals surface area contributed by atoms with E-state index in [2.05, 4.69) is 0 Å². The van der Waals surface area contributed by atoms with Gasteiger partial charge in [-0.3, -0.25) is 0 Å². The Morgan fingerprint density at radius 3 is 2.55 bits per heavy atom. The minimum Gasteiger partial charge on any atom is -0.465 e. The van der Waals surface area contributed by atoms with Crippen molar-refractivity contribution in [3.05, 3.63) is 47.5 Å². The number of hydrogen-bond acceptors (Lipinski definition) is 3. The Kier molecular flexibility index (Phi) is 5.13. The van der Waals surface area contributed by atoms with Gasteiger partial charge in [0.05, 0.1) is 12.7 Å². The maximum absolute atomic E-state index is 11.9. The molecule has 0 aromatic rings. The first-order valence-electron chi connectivity index (χ1n) is 6.97. The van der Waals surface area contributed by atoms with Crippen LogP contribution in [0, 0.1) is 0 Å². The average Bonchev–Trinajstić information content (AvgIpc) is 2.65. The average molecular weight is 272 g/mol. The van der Waals surface area contributed by atoms with Crippen LogP contribution < -0.4 is 0 Å². The molecule has 0 aromatic heterocycles. The molecule has 2 aliphatic rings. The van der Waals surface area contributed by atoms with Crippen molar-refractivity contribution in [1.29, 1.82) is 0 Å². The van der Waals surface area contributed by atoms with Crippen LogP contribution in [0.4, 0.5) is 0 Å². The van der Waals surface area contributed by atoms with E-state index in [0.29, 0.717) is 5.56 Å². The van der Waals surface area contributed by atoms with Crippen molar-refractivity contribution in [1.82, 2.24) is 0 Å². The van der Waals surface area contributed by atoms with E-state index >= 15 is 0 Å². The molecule has 106 valence electrons. The molecule has 3 heteroatoms. The lowest BCUT2D eigenvalue weighted by atomic mass is 10.0. The number of carbonyl (C=O) groups excluding carboxylic acids is 1. The highest BCUT2D eigenvalue weighted by atomic mass is 16.5. The van der Waals surface area contributed by atoms with Gasteiger partial charge >= 0.3 is 5.97 Å². The first-order chi connectivity index (χ1) is 9.77. The summed E-state index contributed by atoms with van der Waals surface area (Å²) in [6, 6.07) is 11.8. The molecule has 0 unspecified atom stereocenters. The van der Waals surface area contributed by atoms with E-state index in [0.717, 1.165) is 36.8 Å². The molecule has 0 heterocycles. The van der Waals surface area contributed by atoms with Gasteiger partial charge in [-0.15, -0.1) is 0 Å². The zero-order valence-corrected chi connectivity index (χ0v) is 11.8. The maximum Gasteiger partial charge on any atom is 0.338 e. The van der Waals surface area contributed by atoms with Gasteiger partial charge in [0.15, 0.2) is 0 Å². The number of aryl methyl sites for hydroxylation is 1. The van der Waals surface area contributed by atoms with E-state index in [1.165, 1.54) is 12.7 Å². The molecule has 3 nitrogen and oxygen atoms in total. The molecule has 20 heavy (non-hydrogen) atoms. The fourth-order valence-corrected chi connectivity index (χ4v) is 2.48. The third-order valence-electron chi connectivity index (χ3n) is 3.50. The zero-order valence-electron chi connectivity index (χ0n) is 11.8. The van der Waals surface area contributed by atoms with E-state index in [4.69, 9.17) is 9.84 Å². The SMILES string of the molecule is COC(=O)c1cc(CCCCCO)c2cccccc1-2. The number of fused-ring (bicyclic) bond motifs is 1. The predicted molar refractivity (Wildman–Crippen MR) is 79.0 cm³/mol. The summed E-state index contributed by atoms with van der Waals surface area (Å²) in [5, 5.41) is 8.82. The van der Waals surface area contributed by atoms with Crippen LogP contribution in [0.3, 0.4) is 0 Å². The molecular weight excluding hydrogens is 252 g/mol. The number of unbranched alkanes of at least 4 members (excludes halogenated alkanes) is 2. The van der Waals surface area contributed by atoms with Gasteiger partial charge in [0.25, 0.3) is 0 Å². The van der Waals surface area contributed by atoms with Gasteiger partial charge in [-0.1, -0.05) is 36.8 Å². The van der Waals surface area contributed by atoms with E-state index in [1.807, 2.05) is 36.4 Å². The molecule has 0 aromatic carbocycles. The van der Waals surface area contributed by atoms with Gasteiger partial charge in [-0.05, 0) is 42.0 Å². The van der Waals surface area contributed by atoms with Crippen molar-refractivity contribution in [2.24, 2.45) is 0 Å². The summed E-state index contributed by atoms with van der Waals surface area (Å²) in [4.78, 5) is 11.9. The maximum atomic E-state index is 11.9. The highest BCUT2D eigenvalue weighted by Gasteiger charge is 2.19. The summed E-state index contributed by atoms with van der Waals surface area (Å²) in [6.07, 6.45) is 3.75. The van der Waals surface area contributed by atoms with E-state index in [1.54, 1.807) is 0 Å². The lowest BCUT2D eigenvalue weighted by Gasteiger charge is -2.02. The van der Waals surface area contributed by atoms with Crippen LogP contribution in [0.2, 0.25) is 0 Å². The van der Waals surface area contributed by atoms with Crippen LogP contribution in [0.1, 0.15) is 35.2 Å². The number of aliphatic hydroxyl groups excluding tert-OH is 1. The number of ether oxygens (including phenoxy) is 1. The number of esters is 1. The van der Waals surface area contributed by atoms with Crippen LogP contribution >= 0.6 is 0 Å². The fourth-order valence-electron chi connectivity index (χ4n) is 2.48. The minimum atomic E-state index is -0.289. The largest absolute Gasteiger partial charge is 0.465 e. The number of carbonyl (C=O) groups is 1. The minimum absolute atomic E-state index is 0.240. The van der Waals surface area contributed by atoms with Crippen LogP contribution in [0.5, 0.6) is 0 Å². The second kappa shape index (κ2) is 7.06. The first-order valence-corrected chi connectivity index (χ1v) is 6.97. The Hall–Kier alpha value is -1.87. The molecule has 0 spiro atoms. The van der Waals surface area contributed by atoms with Gasteiger partial charge in [0, 0.05) is 6.61 Å². The van der Waals surface area contributed by atoms with Gasteiger partial charge in [-0.2, -0.15) is 0 Å². The van der Waals surface area contributed by atoms with Crippen molar-refractivity contribution in [2.75, 3.05) is 13.7 Å². The molecular formula is C17H20O3. The summed E-state index contributed by atoms with van der Waals surface area (Å²) in [5.74, 6) is -0.289. The Morgan fingerprint density at radius 1 is 1.10 bits per heavy atom. The number of hydrogen-bond donors (Lipinski definition) is 1. The highest BCUT2D eigenvalue weighted by molar-refractivity contribution is 6.00. The molecule has 2 aliphatic carbocycles. The Morgan fingerprint density at radius 2 is 1.85 bits per heavy atom. The second-order valence-electron chi connectivity index (χ2n) is 4.85.